The quantitative estimate of drug-likeness (QED) is 0.715. The van der Waals surface area contributed by atoms with Gasteiger partial charge >= 0.3 is 0 Å². The number of ether oxygens (including phenoxy) is 2. The number of nitrogens with zero attached hydrogens (tertiary/aromatic N) is 2. The van der Waals surface area contributed by atoms with E-state index in [0.717, 1.165) is 29.9 Å². The average molecular weight is 322 g/mol. The first-order valence-corrected chi connectivity index (χ1v) is 8.07. The highest BCUT2D eigenvalue weighted by atomic mass is 16.5. The summed E-state index contributed by atoms with van der Waals surface area (Å²) in [7, 11) is 0. The molecule has 0 amide bonds. The fourth-order valence-corrected chi connectivity index (χ4v) is 2.75. The van der Waals surface area contributed by atoms with E-state index in [4.69, 9.17) is 14.0 Å². The molecule has 1 aromatic heterocycles. The van der Waals surface area contributed by atoms with Crippen molar-refractivity contribution in [1.29, 1.82) is 0 Å². The Hall–Kier alpha value is -2.66. The van der Waals surface area contributed by atoms with Crippen molar-refractivity contribution in [3.8, 4) is 17.1 Å². The Morgan fingerprint density at radius 1 is 1.04 bits per heavy atom. The summed E-state index contributed by atoms with van der Waals surface area (Å²) in [5, 5.41) is 4.13. The second-order valence-corrected chi connectivity index (χ2v) is 5.79. The minimum Gasteiger partial charge on any atom is -0.488 e. The third-order valence-electron chi connectivity index (χ3n) is 4.09. The topological polar surface area (TPSA) is 57.4 Å². The number of para-hydroxylation sites is 1. The molecule has 1 aliphatic heterocycles. The van der Waals surface area contributed by atoms with Crippen LogP contribution in [-0.2, 0) is 11.3 Å². The minimum atomic E-state index is 0.198. The Morgan fingerprint density at radius 3 is 2.71 bits per heavy atom. The fraction of sp³-hybridized carbons (Fsp3) is 0.263. The Balaban J connectivity index is 1.55. The number of hydrogen-bond acceptors (Lipinski definition) is 5. The largest absolute Gasteiger partial charge is 0.488 e. The van der Waals surface area contributed by atoms with Gasteiger partial charge in [0.15, 0.2) is 0 Å². The maximum absolute atomic E-state index is 5.97. The summed E-state index contributed by atoms with van der Waals surface area (Å²) in [4.78, 5) is 4.54. The average Bonchev–Trinajstić information content (AvgIpc) is 3.32. The zero-order chi connectivity index (χ0) is 16.2. The van der Waals surface area contributed by atoms with Crippen LogP contribution in [0.4, 0.5) is 0 Å². The van der Waals surface area contributed by atoms with Crippen LogP contribution in [0, 0.1) is 0 Å². The van der Waals surface area contributed by atoms with Crippen LogP contribution in [0.1, 0.15) is 23.8 Å². The van der Waals surface area contributed by atoms with E-state index in [1.807, 2.05) is 54.6 Å². The van der Waals surface area contributed by atoms with Crippen molar-refractivity contribution < 1.29 is 14.0 Å². The molecular weight excluding hydrogens is 304 g/mol. The minimum absolute atomic E-state index is 0.198. The molecule has 1 fully saturated rings. The van der Waals surface area contributed by atoms with Crippen LogP contribution in [0.15, 0.2) is 59.1 Å². The second kappa shape index (κ2) is 6.84. The van der Waals surface area contributed by atoms with Crippen molar-refractivity contribution in [3.63, 3.8) is 0 Å². The SMILES string of the molecule is c1ccc(COc2ccccc2-c2noc(C3CCOC3)n2)cc1. The summed E-state index contributed by atoms with van der Waals surface area (Å²) in [5.41, 5.74) is 1.95. The van der Waals surface area contributed by atoms with E-state index in [1.54, 1.807) is 0 Å². The van der Waals surface area contributed by atoms with E-state index < -0.39 is 0 Å². The molecule has 0 saturated carbocycles. The molecule has 0 radical (unpaired) electrons. The molecule has 2 heterocycles. The van der Waals surface area contributed by atoms with Gasteiger partial charge in [-0.15, -0.1) is 0 Å². The lowest BCUT2D eigenvalue weighted by molar-refractivity contribution is 0.189. The summed E-state index contributed by atoms with van der Waals surface area (Å²) < 4.78 is 16.8. The Labute approximate surface area is 140 Å². The van der Waals surface area contributed by atoms with Crippen LogP contribution in [0.3, 0.4) is 0 Å². The van der Waals surface area contributed by atoms with Crippen LogP contribution in [0.2, 0.25) is 0 Å². The predicted octanol–water partition coefficient (Wildman–Crippen LogP) is 3.82. The molecule has 5 heteroatoms. The van der Waals surface area contributed by atoms with Gasteiger partial charge in [0.1, 0.15) is 12.4 Å². The van der Waals surface area contributed by atoms with Gasteiger partial charge in [-0.3, -0.25) is 0 Å². The van der Waals surface area contributed by atoms with E-state index in [1.165, 1.54) is 0 Å². The van der Waals surface area contributed by atoms with Gasteiger partial charge < -0.3 is 14.0 Å². The smallest absolute Gasteiger partial charge is 0.232 e. The van der Waals surface area contributed by atoms with Crippen molar-refractivity contribution >= 4 is 0 Å². The molecule has 24 heavy (non-hydrogen) atoms. The zero-order valence-electron chi connectivity index (χ0n) is 13.2. The summed E-state index contributed by atoms with van der Waals surface area (Å²) in [6.07, 6.45) is 0.924. The summed E-state index contributed by atoms with van der Waals surface area (Å²) in [5.74, 6) is 2.14. The van der Waals surface area contributed by atoms with Gasteiger partial charge in [-0.1, -0.05) is 47.6 Å². The Kier molecular flexibility index (Phi) is 4.25. The van der Waals surface area contributed by atoms with Gasteiger partial charge in [0, 0.05) is 6.61 Å². The maximum atomic E-state index is 5.97. The maximum Gasteiger partial charge on any atom is 0.232 e. The van der Waals surface area contributed by atoms with E-state index in [2.05, 4.69) is 10.1 Å². The third kappa shape index (κ3) is 3.16. The van der Waals surface area contributed by atoms with E-state index in [0.29, 0.717) is 24.9 Å². The van der Waals surface area contributed by atoms with Crippen molar-refractivity contribution in [2.45, 2.75) is 18.9 Å². The number of benzene rings is 2. The number of aromatic nitrogens is 2. The van der Waals surface area contributed by atoms with Crippen LogP contribution in [-0.4, -0.2) is 23.4 Å². The lowest BCUT2D eigenvalue weighted by Crippen LogP contribution is -1.98. The molecule has 3 aromatic rings. The fourth-order valence-electron chi connectivity index (χ4n) is 2.75. The van der Waals surface area contributed by atoms with Crippen molar-refractivity contribution in [1.82, 2.24) is 10.1 Å². The molecule has 122 valence electrons. The van der Waals surface area contributed by atoms with Gasteiger partial charge in [0.25, 0.3) is 0 Å². The molecule has 0 N–H and O–H groups in total. The molecular formula is C19H18N2O3. The molecule has 1 saturated heterocycles. The molecule has 0 aliphatic carbocycles. The highest BCUT2D eigenvalue weighted by Gasteiger charge is 2.24. The van der Waals surface area contributed by atoms with Gasteiger partial charge in [0.2, 0.25) is 11.7 Å². The summed E-state index contributed by atoms with van der Waals surface area (Å²) in [6, 6.07) is 17.8. The first-order valence-electron chi connectivity index (χ1n) is 8.07. The van der Waals surface area contributed by atoms with Crippen molar-refractivity contribution in [2.75, 3.05) is 13.2 Å². The van der Waals surface area contributed by atoms with E-state index in [9.17, 15) is 0 Å². The second-order valence-electron chi connectivity index (χ2n) is 5.79. The summed E-state index contributed by atoms with van der Waals surface area (Å²) in [6.45, 7) is 1.89. The van der Waals surface area contributed by atoms with Crippen LogP contribution < -0.4 is 4.74 Å². The molecule has 4 rings (SSSR count). The van der Waals surface area contributed by atoms with Gasteiger partial charge in [-0.2, -0.15) is 4.98 Å². The number of rotatable bonds is 5. The molecule has 0 bridgehead atoms. The van der Waals surface area contributed by atoms with Crippen LogP contribution in [0.25, 0.3) is 11.4 Å². The highest BCUT2D eigenvalue weighted by molar-refractivity contribution is 5.63. The molecule has 2 aromatic carbocycles. The van der Waals surface area contributed by atoms with Crippen LogP contribution >= 0.6 is 0 Å². The van der Waals surface area contributed by atoms with Crippen molar-refractivity contribution in [2.24, 2.45) is 0 Å². The van der Waals surface area contributed by atoms with E-state index in [-0.39, 0.29) is 5.92 Å². The third-order valence-corrected chi connectivity index (χ3v) is 4.09. The van der Waals surface area contributed by atoms with Gasteiger partial charge in [-0.05, 0) is 24.1 Å². The van der Waals surface area contributed by atoms with Crippen LogP contribution in [0.5, 0.6) is 5.75 Å². The standard InChI is InChI=1S/C19H18N2O3/c1-2-6-14(7-3-1)12-23-17-9-5-4-8-16(17)18-20-19(24-21-18)15-10-11-22-13-15/h1-9,15H,10-13H2. The molecule has 1 unspecified atom stereocenters. The van der Waals surface area contributed by atoms with E-state index >= 15 is 0 Å². The monoisotopic (exact) mass is 322 g/mol. The first-order chi connectivity index (χ1) is 11.9. The highest BCUT2D eigenvalue weighted by Crippen LogP contribution is 2.31. The zero-order valence-corrected chi connectivity index (χ0v) is 13.2. The normalized spacial score (nSPS) is 17.1. The predicted molar refractivity (Wildman–Crippen MR) is 88.7 cm³/mol. The molecule has 1 aliphatic rings. The van der Waals surface area contributed by atoms with Crippen molar-refractivity contribution in [3.05, 3.63) is 66.1 Å². The van der Waals surface area contributed by atoms with Gasteiger partial charge in [-0.25, -0.2) is 0 Å². The molecule has 0 spiro atoms. The lowest BCUT2D eigenvalue weighted by Gasteiger charge is -2.09. The lowest BCUT2D eigenvalue weighted by atomic mass is 10.1. The van der Waals surface area contributed by atoms with Gasteiger partial charge in [0.05, 0.1) is 18.1 Å². The first kappa shape index (κ1) is 14.9. The summed E-state index contributed by atoms with van der Waals surface area (Å²) >= 11 is 0. The molecule has 5 nitrogen and oxygen atoms in total. The number of hydrogen-bond donors (Lipinski definition) is 0. The Bertz CT molecular complexity index is 795. The molecule has 1 atom stereocenters. The Morgan fingerprint density at radius 2 is 1.88 bits per heavy atom.